The van der Waals surface area contributed by atoms with Crippen molar-refractivity contribution in [2.75, 3.05) is 0 Å². The Labute approximate surface area is 161 Å². The van der Waals surface area contributed by atoms with Crippen molar-refractivity contribution in [1.82, 2.24) is 20.5 Å². The first kappa shape index (κ1) is 18.5. The van der Waals surface area contributed by atoms with Crippen LogP contribution in [0.15, 0.2) is 60.0 Å². The van der Waals surface area contributed by atoms with Crippen molar-refractivity contribution >= 4 is 29.3 Å². The molecule has 0 saturated carbocycles. The first-order chi connectivity index (χ1) is 12.7. The number of carbonyl (C=O) groups excluding carboxylic acids is 1. The van der Waals surface area contributed by atoms with Crippen LogP contribution in [-0.2, 0) is 5.75 Å². The van der Waals surface area contributed by atoms with Crippen molar-refractivity contribution < 1.29 is 4.79 Å². The molecule has 2 aromatic carbocycles. The largest absolute Gasteiger partial charge is 0.345 e. The van der Waals surface area contributed by atoms with E-state index in [-0.39, 0.29) is 11.9 Å². The van der Waals surface area contributed by atoms with Gasteiger partial charge in [0, 0.05) is 16.3 Å². The van der Waals surface area contributed by atoms with Gasteiger partial charge in [-0.1, -0.05) is 54.6 Å². The predicted octanol–water partition coefficient (Wildman–Crippen LogP) is 4.63. The summed E-state index contributed by atoms with van der Waals surface area (Å²) < 4.78 is 0. The molecule has 0 saturated heterocycles. The van der Waals surface area contributed by atoms with Crippen LogP contribution in [0, 0.1) is 0 Å². The number of carbonyl (C=O) groups is 1. The van der Waals surface area contributed by atoms with E-state index < -0.39 is 0 Å². The third-order valence-electron chi connectivity index (χ3n) is 3.97. The summed E-state index contributed by atoms with van der Waals surface area (Å²) in [5.74, 6) is 0.681. The zero-order valence-corrected chi connectivity index (χ0v) is 15.8. The topological polar surface area (TPSA) is 70.7 Å². The van der Waals surface area contributed by atoms with Gasteiger partial charge >= 0.3 is 0 Å². The second-order valence-electron chi connectivity index (χ2n) is 5.76. The number of aromatic nitrogens is 3. The average molecular weight is 387 g/mol. The van der Waals surface area contributed by atoms with Gasteiger partial charge in [-0.3, -0.25) is 9.89 Å². The van der Waals surface area contributed by atoms with E-state index >= 15 is 0 Å². The van der Waals surface area contributed by atoms with Gasteiger partial charge in [0.05, 0.1) is 6.04 Å². The monoisotopic (exact) mass is 386 g/mol. The average Bonchev–Trinajstić information content (AvgIpc) is 3.19. The van der Waals surface area contributed by atoms with E-state index in [9.17, 15) is 4.79 Å². The molecule has 3 rings (SSSR count). The summed E-state index contributed by atoms with van der Waals surface area (Å²) in [4.78, 5) is 16.6. The minimum atomic E-state index is -0.0822. The number of hydrogen-bond acceptors (Lipinski definition) is 4. The zero-order valence-electron chi connectivity index (χ0n) is 14.3. The van der Waals surface area contributed by atoms with Crippen molar-refractivity contribution in [3.05, 3.63) is 76.6 Å². The SMILES string of the molecule is CCC(NC(=O)c1ccc(CSc2ncn[nH]2)cc1)c1ccc(Cl)cc1. The molecular weight excluding hydrogens is 368 g/mol. The molecule has 0 radical (unpaired) electrons. The number of hydrogen-bond donors (Lipinski definition) is 2. The van der Waals surface area contributed by atoms with Crippen molar-refractivity contribution in [2.45, 2.75) is 30.3 Å². The highest BCUT2D eigenvalue weighted by atomic mass is 35.5. The fraction of sp³-hybridized carbons (Fsp3) is 0.211. The Morgan fingerprint density at radius 3 is 2.54 bits per heavy atom. The molecule has 0 aliphatic heterocycles. The maximum Gasteiger partial charge on any atom is 0.251 e. The van der Waals surface area contributed by atoms with Gasteiger partial charge in [-0.05, 0) is 41.8 Å². The number of nitrogens with zero attached hydrogens (tertiary/aromatic N) is 2. The molecule has 1 heterocycles. The summed E-state index contributed by atoms with van der Waals surface area (Å²) in [6.07, 6.45) is 2.29. The van der Waals surface area contributed by atoms with Gasteiger partial charge in [0.25, 0.3) is 5.91 Å². The summed E-state index contributed by atoms with van der Waals surface area (Å²) in [7, 11) is 0. The van der Waals surface area contributed by atoms with Crippen LogP contribution in [0.4, 0.5) is 0 Å². The summed E-state index contributed by atoms with van der Waals surface area (Å²) in [5, 5.41) is 11.2. The summed E-state index contributed by atoms with van der Waals surface area (Å²) in [6, 6.07) is 15.1. The van der Waals surface area contributed by atoms with Gasteiger partial charge in [-0.15, -0.1) is 0 Å². The number of rotatable bonds is 7. The lowest BCUT2D eigenvalue weighted by atomic mass is 10.0. The van der Waals surface area contributed by atoms with E-state index in [4.69, 9.17) is 11.6 Å². The molecule has 1 unspecified atom stereocenters. The molecule has 3 aromatic rings. The highest BCUT2D eigenvalue weighted by molar-refractivity contribution is 7.98. The van der Waals surface area contributed by atoms with Gasteiger partial charge in [-0.2, -0.15) is 5.10 Å². The van der Waals surface area contributed by atoms with E-state index in [1.165, 1.54) is 6.33 Å². The minimum absolute atomic E-state index is 0.0403. The number of H-pyrrole nitrogens is 1. The second kappa shape index (κ2) is 8.87. The second-order valence-corrected chi connectivity index (χ2v) is 7.16. The first-order valence-electron chi connectivity index (χ1n) is 8.29. The number of benzene rings is 2. The molecule has 0 fully saturated rings. The van der Waals surface area contributed by atoms with Gasteiger partial charge in [0.15, 0.2) is 5.16 Å². The molecule has 0 spiro atoms. The van der Waals surface area contributed by atoms with Crippen LogP contribution in [0.5, 0.6) is 0 Å². The van der Waals surface area contributed by atoms with Crippen molar-refractivity contribution in [3.63, 3.8) is 0 Å². The third kappa shape index (κ3) is 4.86. The highest BCUT2D eigenvalue weighted by Gasteiger charge is 2.14. The van der Waals surface area contributed by atoms with Crippen LogP contribution in [0.3, 0.4) is 0 Å². The van der Waals surface area contributed by atoms with E-state index in [0.29, 0.717) is 10.6 Å². The Kier molecular flexibility index (Phi) is 6.30. The molecule has 0 aliphatic carbocycles. The van der Waals surface area contributed by atoms with Crippen LogP contribution in [-0.4, -0.2) is 21.1 Å². The van der Waals surface area contributed by atoms with Gasteiger partial charge < -0.3 is 5.32 Å². The fourth-order valence-electron chi connectivity index (χ4n) is 2.53. The maximum absolute atomic E-state index is 12.5. The summed E-state index contributed by atoms with van der Waals surface area (Å²) >= 11 is 7.50. The molecular formula is C19H19ClN4OS. The number of nitrogens with one attached hydrogen (secondary N) is 2. The lowest BCUT2D eigenvalue weighted by Crippen LogP contribution is -2.28. The van der Waals surface area contributed by atoms with Crippen molar-refractivity contribution in [1.29, 1.82) is 0 Å². The van der Waals surface area contributed by atoms with Crippen molar-refractivity contribution in [3.8, 4) is 0 Å². The molecule has 0 bridgehead atoms. The molecule has 134 valence electrons. The molecule has 0 aliphatic rings. The molecule has 26 heavy (non-hydrogen) atoms. The fourth-order valence-corrected chi connectivity index (χ4v) is 3.39. The Hall–Kier alpha value is -2.31. The highest BCUT2D eigenvalue weighted by Crippen LogP contribution is 2.21. The normalized spacial score (nSPS) is 11.9. The lowest BCUT2D eigenvalue weighted by Gasteiger charge is -2.17. The van der Waals surface area contributed by atoms with Crippen LogP contribution >= 0.6 is 23.4 Å². The number of aromatic amines is 1. The first-order valence-corrected chi connectivity index (χ1v) is 9.65. The Balaban J connectivity index is 1.60. The minimum Gasteiger partial charge on any atom is -0.345 e. The van der Waals surface area contributed by atoms with E-state index in [2.05, 4.69) is 20.5 Å². The van der Waals surface area contributed by atoms with Gasteiger partial charge in [0.2, 0.25) is 0 Å². The Morgan fingerprint density at radius 1 is 1.19 bits per heavy atom. The molecule has 5 nitrogen and oxygen atoms in total. The van der Waals surface area contributed by atoms with E-state index in [0.717, 1.165) is 28.5 Å². The Morgan fingerprint density at radius 2 is 1.92 bits per heavy atom. The molecule has 1 atom stereocenters. The molecule has 1 amide bonds. The molecule has 2 N–H and O–H groups in total. The summed E-state index contributed by atoms with van der Waals surface area (Å²) in [6.45, 7) is 2.05. The van der Waals surface area contributed by atoms with Gasteiger partial charge in [-0.25, -0.2) is 4.98 Å². The van der Waals surface area contributed by atoms with Crippen molar-refractivity contribution in [2.24, 2.45) is 0 Å². The maximum atomic E-state index is 12.5. The van der Waals surface area contributed by atoms with E-state index in [1.54, 1.807) is 11.8 Å². The zero-order chi connectivity index (χ0) is 18.4. The number of amides is 1. The third-order valence-corrected chi connectivity index (χ3v) is 5.17. The predicted molar refractivity (Wildman–Crippen MR) is 104 cm³/mol. The molecule has 7 heteroatoms. The molecule has 1 aromatic heterocycles. The van der Waals surface area contributed by atoms with Crippen LogP contribution in [0.1, 0.15) is 40.9 Å². The Bertz CT molecular complexity index is 835. The van der Waals surface area contributed by atoms with Crippen LogP contribution in [0.25, 0.3) is 0 Å². The van der Waals surface area contributed by atoms with E-state index in [1.807, 2.05) is 55.5 Å². The smallest absolute Gasteiger partial charge is 0.251 e. The summed E-state index contributed by atoms with van der Waals surface area (Å²) in [5.41, 5.74) is 2.81. The van der Waals surface area contributed by atoms with Gasteiger partial charge in [0.1, 0.15) is 6.33 Å². The van der Waals surface area contributed by atoms with Crippen LogP contribution in [0.2, 0.25) is 5.02 Å². The standard InChI is InChI=1S/C19H19ClN4OS/c1-2-17(14-7-9-16(20)10-8-14)23-18(25)15-5-3-13(4-6-15)11-26-19-21-12-22-24-19/h3-10,12,17H,2,11H2,1H3,(H,23,25)(H,21,22,24). The number of thioether (sulfide) groups is 1. The van der Waals surface area contributed by atoms with Crippen LogP contribution < -0.4 is 5.32 Å². The quantitative estimate of drug-likeness (QED) is 0.580. The number of halogens is 1. The lowest BCUT2D eigenvalue weighted by molar-refractivity contribution is 0.0935.